The molecule has 1 aromatic rings. The molecule has 3 nitrogen and oxygen atoms in total. The summed E-state index contributed by atoms with van der Waals surface area (Å²) in [5.41, 5.74) is 4.30. The van der Waals surface area contributed by atoms with Crippen molar-refractivity contribution in [3.63, 3.8) is 0 Å². The number of aliphatic hydroxyl groups excluding tert-OH is 1. The summed E-state index contributed by atoms with van der Waals surface area (Å²) in [5, 5.41) is 10.5. The van der Waals surface area contributed by atoms with E-state index in [0.29, 0.717) is 19.8 Å². The molecule has 4 heteroatoms. The lowest BCUT2D eigenvalue weighted by atomic mass is 9.93. The summed E-state index contributed by atoms with van der Waals surface area (Å²) in [7, 11) is 0. The fraction of sp³-hybridized carbons (Fsp3) is 0.571. The van der Waals surface area contributed by atoms with Gasteiger partial charge in [0.2, 0.25) is 0 Å². The van der Waals surface area contributed by atoms with Crippen LogP contribution in [0.3, 0.4) is 0 Å². The van der Waals surface area contributed by atoms with Crippen molar-refractivity contribution in [2.75, 3.05) is 19.8 Å². The Kier molecular flexibility index (Phi) is 4.43. The first-order chi connectivity index (χ1) is 8.52. The number of benzene rings is 1. The van der Waals surface area contributed by atoms with Gasteiger partial charge in [-0.2, -0.15) is 0 Å². The summed E-state index contributed by atoms with van der Waals surface area (Å²) in [5.74, 6) is 0. The molecule has 1 saturated heterocycles. The molecule has 0 aromatic heterocycles. The van der Waals surface area contributed by atoms with Crippen LogP contribution >= 0.6 is 15.9 Å². The molecule has 1 N–H and O–H groups in total. The molecule has 2 unspecified atom stereocenters. The van der Waals surface area contributed by atoms with E-state index in [2.05, 4.69) is 28.9 Å². The van der Waals surface area contributed by atoms with Gasteiger partial charge in [-0.25, -0.2) is 0 Å². The Morgan fingerprint density at radius 1 is 1.28 bits per heavy atom. The van der Waals surface area contributed by atoms with Crippen LogP contribution in [-0.2, 0) is 9.47 Å². The summed E-state index contributed by atoms with van der Waals surface area (Å²) in [6.45, 7) is 7.71. The predicted octanol–water partition coefficient (Wildman–Crippen LogP) is 2.82. The average Bonchev–Trinajstić information content (AvgIpc) is 2.37. The molecule has 1 aromatic carbocycles. The minimum Gasteiger partial charge on any atom is -0.386 e. The first-order valence-electron chi connectivity index (χ1n) is 6.16. The van der Waals surface area contributed by atoms with Crippen LogP contribution in [0.4, 0.5) is 0 Å². The Balaban J connectivity index is 2.34. The van der Waals surface area contributed by atoms with Crippen LogP contribution in [0.25, 0.3) is 0 Å². The van der Waals surface area contributed by atoms with E-state index >= 15 is 0 Å². The fourth-order valence-corrected chi connectivity index (χ4v) is 2.83. The third-order valence-corrected chi connectivity index (χ3v) is 4.65. The van der Waals surface area contributed by atoms with Gasteiger partial charge in [0.05, 0.1) is 19.8 Å². The van der Waals surface area contributed by atoms with Crippen molar-refractivity contribution in [3.8, 4) is 0 Å². The lowest BCUT2D eigenvalue weighted by molar-refractivity contribution is -0.133. The highest BCUT2D eigenvalue weighted by atomic mass is 79.9. The maximum atomic E-state index is 10.5. The molecule has 0 radical (unpaired) electrons. The van der Waals surface area contributed by atoms with Crippen molar-refractivity contribution in [1.29, 1.82) is 0 Å². The van der Waals surface area contributed by atoms with Crippen LogP contribution < -0.4 is 0 Å². The van der Waals surface area contributed by atoms with Gasteiger partial charge in [-0.1, -0.05) is 22.0 Å². The molecular formula is C14H19BrO3. The Morgan fingerprint density at radius 2 is 2.00 bits per heavy atom. The van der Waals surface area contributed by atoms with E-state index in [1.165, 1.54) is 5.56 Å². The summed E-state index contributed by atoms with van der Waals surface area (Å²) in [6.07, 6.45) is -0.909. The second kappa shape index (κ2) is 5.70. The molecule has 2 rings (SSSR count). The highest BCUT2D eigenvalue weighted by Crippen LogP contribution is 2.33. The van der Waals surface area contributed by atoms with Gasteiger partial charge < -0.3 is 14.6 Å². The molecule has 1 aliphatic heterocycles. The number of ether oxygens (including phenoxy) is 2. The SMILES string of the molecule is Cc1cc(C)c(C(O)C2COCCO2)c(C)c1Br. The first-order valence-corrected chi connectivity index (χ1v) is 6.95. The Hall–Kier alpha value is -0.420. The van der Waals surface area contributed by atoms with Gasteiger partial charge in [-0.15, -0.1) is 0 Å². The largest absolute Gasteiger partial charge is 0.386 e. The standard InChI is InChI=1S/C14H19BrO3/c1-8-6-9(2)13(15)10(3)12(8)14(16)11-7-17-4-5-18-11/h6,11,14,16H,4-5,7H2,1-3H3. The lowest BCUT2D eigenvalue weighted by Crippen LogP contribution is -2.34. The molecule has 1 aliphatic rings. The number of rotatable bonds is 2. The second-order valence-electron chi connectivity index (χ2n) is 4.79. The van der Waals surface area contributed by atoms with Crippen LogP contribution in [0, 0.1) is 20.8 Å². The van der Waals surface area contributed by atoms with Crippen LogP contribution in [0.5, 0.6) is 0 Å². The predicted molar refractivity (Wildman–Crippen MR) is 73.9 cm³/mol. The van der Waals surface area contributed by atoms with Crippen molar-refractivity contribution < 1.29 is 14.6 Å². The second-order valence-corrected chi connectivity index (χ2v) is 5.59. The minimum absolute atomic E-state index is 0.272. The maximum Gasteiger partial charge on any atom is 0.111 e. The molecule has 1 heterocycles. The number of aryl methyl sites for hydroxylation is 2. The van der Waals surface area contributed by atoms with Crippen molar-refractivity contribution in [2.24, 2.45) is 0 Å². The molecule has 0 aliphatic carbocycles. The monoisotopic (exact) mass is 314 g/mol. The molecule has 0 amide bonds. The summed E-state index contributed by atoms with van der Waals surface area (Å²) in [6, 6.07) is 2.08. The molecule has 0 saturated carbocycles. The number of hydrogen-bond donors (Lipinski definition) is 1. The number of hydrogen-bond acceptors (Lipinski definition) is 3. The summed E-state index contributed by atoms with van der Waals surface area (Å²) >= 11 is 3.57. The minimum atomic E-state index is -0.637. The zero-order valence-corrected chi connectivity index (χ0v) is 12.6. The normalized spacial score (nSPS) is 21.9. The van der Waals surface area contributed by atoms with E-state index in [9.17, 15) is 5.11 Å². The number of halogens is 1. The molecule has 100 valence electrons. The zero-order valence-electron chi connectivity index (χ0n) is 11.0. The van der Waals surface area contributed by atoms with Gasteiger partial charge in [-0.3, -0.25) is 0 Å². The highest BCUT2D eigenvalue weighted by Gasteiger charge is 2.27. The van der Waals surface area contributed by atoms with Gasteiger partial charge in [-0.05, 0) is 43.0 Å². The van der Waals surface area contributed by atoms with E-state index in [1.54, 1.807) is 0 Å². The van der Waals surface area contributed by atoms with E-state index in [-0.39, 0.29) is 6.10 Å². The van der Waals surface area contributed by atoms with Gasteiger partial charge in [0, 0.05) is 4.47 Å². The first kappa shape index (κ1) is 14.0. The van der Waals surface area contributed by atoms with Crippen molar-refractivity contribution in [3.05, 3.63) is 32.8 Å². The molecule has 0 spiro atoms. The highest BCUT2D eigenvalue weighted by molar-refractivity contribution is 9.10. The van der Waals surface area contributed by atoms with Crippen LogP contribution in [0.2, 0.25) is 0 Å². The van der Waals surface area contributed by atoms with Crippen molar-refractivity contribution in [1.82, 2.24) is 0 Å². The van der Waals surface area contributed by atoms with E-state index in [0.717, 1.165) is 21.2 Å². The van der Waals surface area contributed by atoms with Gasteiger partial charge >= 0.3 is 0 Å². The average molecular weight is 315 g/mol. The summed E-state index contributed by atoms with van der Waals surface area (Å²) in [4.78, 5) is 0. The van der Waals surface area contributed by atoms with Crippen LogP contribution in [0.1, 0.15) is 28.4 Å². The Labute approximate surface area is 116 Å². The molecule has 0 bridgehead atoms. The zero-order chi connectivity index (χ0) is 13.3. The lowest BCUT2D eigenvalue weighted by Gasteiger charge is -2.29. The van der Waals surface area contributed by atoms with E-state index in [4.69, 9.17) is 9.47 Å². The third kappa shape index (κ3) is 2.62. The van der Waals surface area contributed by atoms with E-state index < -0.39 is 6.10 Å². The quantitative estimate of drug-likeness (QED) is 0.912. The van der Waals surface area contributed by atoms with Gasteiger partial charge in [0.25, 0.3) is 0 Å². The number of aliphatic hydroxyl groups is 1. The molecule has 18 heavy (non-hydrogen) atoms. The summed E-state index contributed by atoms with van der Waals surface area (Å²) < 4.78 is 12.0. The third-order valence-electron chi connectivity index (χ3n) is 3.43. The maximum absolute atomic E-state index is 10.5. The Bertz CT molecular complexity index is 439. The van der Waals surface area contributed by atoms with Crippen LogP contribution in [-0.4, -0.2) is 31.0 Å². The Morgan fingerprint density at radius 3 is 2.61 bits per heavy atom. The fourth-order valence-electron chi connectivity index (χ4n) is 2.50. The molecule has 1 fully saturated rings. The smallest absolute Gasteiger partial charge is 0.111 e. The van der Waals surface area contributed by atoms with Crippen molar-refractivity contribution >= 4 is 15.9 Å². The molecule has 2 atom stereocenters. The topological polar surface area (TPSA) is 38.7 Å². The molecular weight excluding hydrogens is 296 g/mol. The van der Waals surface area contributed by atoms with Gasteiger partial charge in [0.15, 0.2) is 0 Å². The van der Waals surface area contributed by atoms with E-state index in [1.807, 2.05) is 13.8 Å². The van der Waals surface area contributed by atoms with Crippen molar-refractivity contribution in [2.45, 2.75) is 33.0 Å². The van der Waals surface area contributed by atoms with Gasteiger partial charge in [0.1, 0.15) is 12.2 Å². The van der Waals surface area contributed by atoms with Crippen LogP contribution in [0.15, 0.2) is 10.5 Å².